The standard InChI is InChI=1S/C46H56N10O4.C9H6O6/c1-5-39-35(41(51-33-17-21-59-22-18-33)37-27-49-55(7-3)43(37)53-39)25-47-45(57)31-13-9-29(10-14-31)30-11-15-32(16-12-30)46(58)48-26-36-40(6-2)54-44-38(28-50-56(44)8-4)42(36)52-34-19-23-60-24-20-34;10-7(11)4-1-2-5(8(12)13)6(3-4)9(14)15/h9-16,27-28,33-34H,5-8,17-26H2,1-4H3,(H,47,57)(H,48,58)(H,51,53)(H,52,54);1-3H,(H,10,11)(H,12,13)(H,14,15). The zero-order valence-corrected chi connectivity index (χ0v) is 42.4. The van der Waals surface area contributed by atoms with Crippen molar-refractivity contribution < 1.29 is 48.8 Å². The molecule has 9 rings (SSSR count). The Kier molecular flexibility index (Phi) is 17.1. The SMILES string of the molecule is CCc1nc2c(cnn2CC)c(NC2CCOCC2)c1CNC(=O)c1ccc(-c2ccc(C(=O)NCc3c(CC)nc4c(cnn4CC)c3NC3CCOCC3)cc2)cc1.O=C(O)c1ccc(C(=O)O)c(C(=O)O)c1. The highest BCUT2D eigenvalue weighted by Crippen LogP contribution is 2.33. The van der Waals surface area contributed by atoms with Gasteiger partial charge in [-0.15, -0.1) is 0 Å². The largest absolute Gasteiger partial charge is 0.478 e. The van der Waals surface area contributed by atoms with Crippen molar-refractivity contribution in [2.75, 3.05) is 37.1 Å². The number of carbonyl (C=O) groups excluding carboxylic acids is 2. The van der Waals surface area contributed by atoms with E-state index in [9.17, 15) is 24.0 Å². The minimum absolute atomic E-state index is 0.164. The highest BCUT2D eigenvalue weighted by Gasteiger charge is 2.25. The number of anilines is 2. The number of fused-ring (bicyclic) bond motifs is 2. The van der Waals surface area contributed by atoms with E-state index in [2.05, 4.69) is 59.2 Å². The monoisotopic (exact) mass is 1020 g/mol. The van der Waals surface area contributed by atoms with Crippen LogP contribution in [0.1, 0.15) is 128 Å². The van der Waals surface area contributed by atoms with Gasteiger partial charge in [0.2, 0.25) is 0 Å². The first-order valence-electron chi connectivity index (χ1n) is 25.4. The molecule has 2 saturated heterocycles. The summed E-state index contributed by atoms with van der Waals surface area (Å²) in [5.41, 5.74) is 9.32. The zero-order chi connectivity index (χ0) is 53.2. The molecule has 2 amide bonds. The van der Waals surface area contributed by atoms with Crippen molar-refractivity contribution in [2.45, 2.75) is 104 Å². The number of carbonyl (C=O) groups is 5. The summed E-state index contributed by atoms with van der Waals surface area (Å²) in [5, 5.41) is 50.9. The van der Waals surface area contributed by atoms with Crippen molar-refractivity contribution in [3.8, 4) is 11.1 Å². The molecule has 7 aromatic rings. The lowest BCUT2D eigenvalue weighted by atomic mass is 10.0. The number of ether oxygens (including phenoxy) is 2. The number of carboxylic acid groups (broad SMARTS) is 3. The van der Waals surface area contributed by atoms with Gasteiger partial charge >= 0.3 is 17.9 Å². The van der Waals surface area contributed by atoms with E-state index < -0.39 is 29.0 Å². The number of aryl methyl sites for hydroxylation is 4. The molecule has 0 unspecified atom stereocenters. The summed E-state index contributed by atoms with van der Waals surface area (Å²) in [6.07, 6.45) is 8.87. The van der Waals surface area contributed by atoms with Gasteiger partial charge in [0.15, 0.2) is 11.3 Å². The van der Waals surface area contributed by atoms with Gasteiger partial charge in [-0.2, -0.15) is 10.2 Å². The molecule has 20 heteroatoms. The molecule has 2 fully saturated rings. The van der Waals surface area contributed by atoms with E-state index in [-0.39, 0.29) is 29.5 Å². The lowest BCUT2D eigenvalue weighted by Crippen LogP contribution is -2.30. The van der Waals surface area contributed by atoms with Crippen LogP contribution >= 0.6 is 0 Å². The Morgan fingerprint density at radius 3 is 1.31 bits per heavy atom. The summed E-state index contributed by atoms with van der Waals surface area (Å²) >= 11 is 0. The number of nitrogens with one attached hydrogen (secondary N) is 4. The lowest BCUT2D eigenvalue weighted by Gasteiger charge is -2.26. The van der Waals surface area contributed by atoms with Crippen LogP contribution in [0.4, 0.5) is 11.4 Å². The molecular weight excluding hydrogens is 961 g/mol. The molecule has 6 heterocycles. The fraction of sp³-hybridized carbons (Fsp3) is 0.364. The smallest absolute Gasteiger partial charge is 0.336 e. The average Bonchev–Trinajstić information content (AvgIpc) is 4.06. The van der Waals surface area contributed by atoms with Crippen LogP contribution in [-0.2, 0) is 48.5 Å². The Hall–Kier alpha value is -8.23. The van der Waals surface area contributed by atoms with Gasteiger partial charge in [-0.05, 0) is 106 Å². The summed E-state index contributed by atoms with van der Waals surface area (Å²) < 4.78 is 15.1. The van der Waals surface area contributed by atoms with Gasteiger partial charge in [0, 0.05) is 98.3 Å². The van der Waals surface area contributed by atoms with E-state index in [1.165, 1.54) is 0 Å². The summed E-state index contributed by atoms with van der Waals surface area (Å²) in [6.45, 7) is 13.3. The van der Waals surface area contributed by atoms with Crippen LogP contribution in [0.5, 0.6) is 0 Å². The third kappa shape index (κ3) is 12.1. The Labute approximate surface area is 432 Å². The number of pyridine rings is 2. The van der Waals surface area contributed by atoms with Gasteiger partial charge < -0.3 is 46.1 Å². The molecule has 2 aliphatic rings. The quantitative estimate of drug-likeness (QED) is 0.0431. The Balaban J connectivity index is 0.000000430. The third-order valence-electron chi connectivity index (χ3n) is 13.6. The van der Waals surface area contributed by atoms with Crippen LogP contribution < -0.4 is 21.3 Å². The number of aromatic carboxylic acids is 3. The van der Waals surface area contributed by atoms with E-state index in [1.807, 2.05) is 70.3 Å². The normalized spacial score (nSPS) is 14.0. The number of aromatic nitrogens is 6. The van der Waals surface area contributed by atoms with Crippen molar-refractivity contribution in [3.63, 3.8) is 0 Å². The van der Waals surface area contributed by atoms with Crippen LogP contribution in [-0.4, -0.2) is 113 Å². The van der Waals surface area contributed by atoms with Crippen LogP contribution in [0.15, 0.2) is 79.1 Å². The highest BCUT2D eigenvalue weighted by atomic mass is 16.5. The molecule has 0 atom stereocenters. The maximum Gasteiger partial charge on any atom is 0.336 e. The van der Waals surface area contributed by atoms with Gasteiger partial charge in [-0.1, -0.05) is 38.1 Å². The number of hydrogen-bond acceptors (Lipinski definition) is 13. The van der Waals surface area contributed by atoms with E-state index in [1.54, 1.807) is 0 Å². The maximum absolute atomic E-state index is 13.6. The zero-order valence-electron chi connectivity index (χ0n) is 42.4. The van der Waals surface area contributed by atoms with Gasteiger partial charge in [-0.25, -0.2) is 33.7 Å². The van der Waals surface area contributed by atoms with Crippen LogP contribution in [0.25, 0.3) is 33.2 Å². The molecule has 2 aliphatic heterocycles. The van der Waals surface area contributed by atoms with Crippen molar-refractivity contribution >= 4 is 63.2 Å². The average molecular weight is 1020 g/mol. The number of rotatable bonds is 18. The third-order valence-corrected chi connectivity index (χ3v) is 13.6. The summed E-state index contributed by atoms with van der Waals surface area (Å²) in [6, 6.07) is 18.5. The van der Waals surface area contributed by atoms with Crippen molar-refractivity contribution in [3.05, 3.63) is 129 Å². The summed E-state index contributed by atoms with van der Waals surface area (Å²) in [5.74, 6) is -4.53. The van der Waals surface area contributed by atoms with E-state index in [0.717, 1.165) is 163 Å². The van der Waals surface area contributed by atoms with Crippen molar-refractivity contribution in [1.29, 1.82) is 0 Å². The van der Waals surface area contributed by atoms with Gasteiger partial charge in [0.05, 0.1) is 51.2 Å². The molecule has 20 nitrogen and oxygen atoms in total. The molecule has 0 aliphatic carbocycles. The molecular formula is C55H62N10O10. The predicted molar refractivity (Wildman–Crippen MR) is 282 cm³/mol. The second kappa shape index (κ2) is 24.2. The number of carboxylic acids is 3. The van der Waals surface area contributed by atoms with Crippen molar-refractivity contribution in [1.82, 2.24) is 40.2 Å². The van der Waals surface area contributed by atoms with Crippen LogP contribution in [0, 0.1) is 0 Å². The van der Waals surface area contributed by atoms with Crippen LogP contribution in [0.3, 0.4) is 0 Å². The second-order valence-electron chi connectivity index (χ2n) is 18.2. The van der Waals surface area contributed by atoms with Gasteiger partial charge in [0.25, 0.3) is 11.8 Å². The van der Waals surface area contributed by atoms with Gasteiger partial charge in [0.1, 0.15) is 0 Å². The fourth-order valence-corrected chi connectivity index (χ4v) is 9.41. The first-order valence-corrected chi connectivity index (χ1v) is 25.4. The number of benzene rings is 3. The topological polar surface area (TPSA) is 274 Å². The molecule has 75 heavy (non-hydrogen) atoms. The first kappa shape index (κ1) is 53.1. The Bertz CT molecular complexity index is 3040. The summed E-state index contributed by atoms with van der Waals surface area (Å²) in [7, 11) is 0. The van der Waals surface area contributed by atoms with Crippen LogP contribution in [0.2, 0.25) is 0 Å². The van der Waals surface area contributed by atoms with Gasteiger partial charge in [-0.3, -0.25) is 9.59 Å². The first-order chi connectivity index (χ1) is 36.3. The van der Waals surface area contributed by atoms with Crippen molar-refractivity contribution in [2.24, 2.45) is 0 Å². The maximum atomic E-state index is 13.6. The summed E-state index contributed by atoms with van der Waals surface area (Å²) in [4.78, 5) is 68.9. The molecule has 0 bridgehead atoms. The molecule has 0 spiro atoms. The molecule has 0 saturated carbocycles. The molecule has 7 N–H and O–H groups in total. The van der Waals surface area contributed by atoms with E-state index in [4.69, 9.17) is 34.8 Å². The molecule has 0 radical (unpaired) electrons. The Morgan fingerprint density at radius 1 is 0.547 bits per heavy atom. The highest BCUT2D eigenvalue weighted by molar-refractivity contribution is 6.04. The lowest BCUT2D eigenvalue weighted by molar-refractivity contribution is 0.0649. The fourth-order valence-electron chi connectivity index (χ4n) is 9.41. The van der Waals surface area contributed by atoms with E-state index >= 15 is 0 Å². The Morgan fingerprint density at radius 2 is 0.947 bits per heavy atom. The molecule has 4 aromatic heterocycles. The molecule has 392 valence electrons. The number of hydrogen-bond donors (Lipinski definition) is 7. The second-order valence-corrected chi connectivity index (χ2v) is 18.2. The number of nitrogens with zero attached hydrogens (tertiary/aromatic N) is 6. The van der Waals surface area contributed by atoms with E-state index in [0.29, 0.717) is 24.2 Å². The minimum Gasteiger partial charge on any atom is -0.478 e. The molecule has 3 aromatic carbocycles. The number of amides is 2. The minimum atomic E-state index is -1.48. The predicted octanol–water partition coefficient (Wildman–Crippen LogP) is 7.83.